The number of allylic oxidation sites excluding steroid dienone is 4. The molecule has 1 aliphatic carbocycles. The summed E-state index contributed by atoms with van der Waals surface area (Å²) in [5.74, 6) is 0.231. The largest absolute Gasteiger partial charge is 0.311 e. The maximum absolute atomic E-state index is 13.5. The lowest BCUT2D eigenvalue weighted by atomic mass is 9.97. The van der Waals surface area contributed by atoms with Crippen LogP contribution in [-0.2, 0) is 0 Å². The molecule has 1 aromatic carbocycles. The summed E-state index contributed by atoms with van der Waals surface area (Å²) in [5.41, 5.74) is 8.74. The molecular weight excluding hydrogens is 389 g/mol. The summed E-state index contributed by atoms with van der Waals surface area (Å²) in [7, 11) is 0. The van der Waals surface area contributed by atoms with Gasteiger partial charge in [-0.05, 0) is 52.5 Å². The number of carbonyl (C=O) groups excluding carboxylic acids is 1. The number of hydrogen-bond donors (Lipinski definition) is 4. The van der Waals surface area contributed by atoms with Gasteiger partial charge in [0.15, 0.2) is 0 Å². The Hall–Kier alpha value is -3.69. The van der Waals surface area contributed by atoms with Crippen molar-refractivity contribution in [2.75, 3.05) is 6.54 Å². The van der Waals surface area contributed by atoms with E-state index in [-0.39, 0.29) is 23.1 Å². The van der Waals surface area contributed by atoms with Gasteiger partial charge < -0.3 is 5.32 Å². The van der Waals surface area contributed by atoms with E-state index in [1.165, 1.54) is 12.2 Å². The highest BCUT2D eigenvalue weighted by Crippen LogP contribution is 2.26. The Balaban J connectivity index is 1.56. The first kappa shape index (κ1) is 19.6. The molecule has 0 spiro atoms. The highest BCUT2D eigenvalue weighted by molar-refractivity contribution is 6.07. The topological polar surface area (TPSA) is 116 Å². The summed E-state index contributed by atoms with van der Waals surface area (Å²) in [6.07, 6.45) is 3.31. The summed E-state index contributed by atoms with van der Waals surface area (Å²) >= 11 is 0. The zero-order valence-corrected chi connectivity index (χ0v) is 16.8. The van der Waals surface area contributed by atoms with Crippen LogP contribution in [0, 0.1) is 5.41 Å². The summed E-state index contributed by atoms with van der Waals surface area (Å²) in [4.78, 5) is 17.4. The van der Waals surface area contributed by atoms with Gasteiger partial charge in [0.05, 0.1) is 5.70 Å². The summed E-state index contributed by atoms with van der Waals surface area (Å²) in [6, 6.07) is 4.89. The summed E-state index contributed by atoms with van der Waals surface area (Å²) in [5, 5.41) is 13.4. The lowest BCUT2D eigenvalue weighted by Crippen LogP contribution is -2.44. The average Bonchev–Trinajstić information content (AvgIpc) is 3.31. The zero-order chi connectivity index (χ0) is 21.3. The van der Waals surface area contributed by atoms with E-state index in [2.05, 4.69) is 41.4 Å². The van der Waals surface area contributed by atoms with Gasteiger partial charge in [0, 0.05) is 17.7 Å². The molecule has 2 heterocycles. The molecule has 2 aliphatic rings. The van der Waals surface area contributed by atoms with E-state index in [0.717, 1.165) is 5.57 Å². The minimum Gasteiger partial charge on any atom is -0.311 e. The van der Waals surface area contributed by atoms with Crippen LogP contribution >= 0.6 is 0 Å². The maximum atomic E-state index is 13.5. The fourth-order valence-electron chi connectivity index (χ4n) is 2.90. The van der Waals surface area contributed by atoms with E-state index < -0.39 is 0 Å². The van der Waals surface area contributed by atoms with Gasteiger partial charge in [0.25, 0.3) is 5.91 Å². The number of nitrogens with zero attached hydrogens (tertiary/aromatic N) is 3. The van der Waals surface area contributed by atoms with Crippen LogP contribution in [0.2, 0.25) is 0 Å². The van der Waals surface area contributed by atoms with Crippen molar-refractivity contribution in [2.45, 2.75) is 27.2 Å². The van der Waals surface area contributed by atoms with Crippen molar-refractivity contribution in [1.29, 1.82) is 0 Å². The molecule has 2 aromatic rings. The van der Waals surface area contributed by atoms with Crippen LogP contribution < -0.4 is 21.5 Å². The lowest BCUT2D eigenvalue weighted by molar-refractivity contribution is 0.0976. The zero-order valence-electron chi connectivity index (χ0n) is 16.8. The van der Waals surface area contributed by atoms with Crippen LogP contribution in [0.4, 0.5) is 4.39 Å². The van der Waals surface area contributed by atoms with Crippen LogP contribution in [0.1, 0.15) is 37.6 Å². The second-order valence-corrected chi connectivity index (χ2v) is 8.23. The Morgan fingerprint density at radius 1 is 1.27 bits per heavy atom. The maximum Gasteiger partial charge on any atom is 0.258 e. The molecule has 4 N–H and O–H groups in total. The van der Waals surface area contributed by atoms with Gasteiger partial charge in [0.2, 0.25) is 5.96 Å². The average molecular weight is 411 g/mol. The molecule has 156 valence electrons. The van der Waals surface area contributed by atoms with Gasteiger partial charge in [-0.2, -0.15) is 0 Å². The molecule has 0 radical (unpaired) electrons. The molecule has 4 rings (SSSR count). The minimum absolute atomic E-state index is 0.0795. The number of aromatic nitrogens is 2. The van der Waals surface area contributed by atoms with E-state index >= 15 is 0 Å². The van der Waals surface area contributed by atoms with Crippen molar-refractivity contribution in [3.63, 3.8) is 0 Å². The number of amides is 1. The second kappa shape index (κ2) is 7.62. The van der Waals surface area contributed by atoms with Gasteiger partial charge >= 0.3 is 0 Å². The van der Waals surface area contributed by atoms with Crippen LogP contribution in [0.5, 0.6) is 0 Å². The van der Waals surface area contributed by atoms with Crippen LogP contribution in [0.15, 0.2) is 62.9 Å². The third-order valence-electron chi connectivity index (χ3n) is 4.44. The van der Waals surface area contributed by atoms with Gasteiger partial charge in [-0.3, -0.25) is 26.0 Å². The van der Waals surface area contributed by atoms with Crippen molar-refractivity contribution < 1.29 is 13.8 Å². The molecule has 1 aromatic heterocycles. The first-order chi connectivity index (χ1) is 14.3. The van der Waals surface area contributed by atoms with E-state index in [1.807, 2.05) is 20.8 Å². The Labute approximate surface area is 172 Å². The van der Waals surface area contributed by atoms with Crippen LogP contribution in [0.25, 0.3) is 11.0 Å². The number of nitrogens with one attached hydrogen (secondary N) is 4. The van der Waals surface area contributed by atoms with Gasteiger partial charge in [-0.25, -0.2) is 9.02 Å². The normalized spacial score (nSPS) is 16.5. The first-order valence-electron chi connectivity index (χ1n) is 9.46. The Morgan fingerprint density at radius 2 is 2.07 bits per heavy atom. The second-order valence-electron chi connectivity index (χ2n) is 8.23. The van der Waals surface area contributed by atoms with Crippen LogP contribution in [0.3, 0.4) is 0 Å². The number of hydrogen-bond acceptors (Lipinski definition) is 7. The van der Waals surface area contributed by atoms with E-state index in [1.54, 1.807) is 18.2 Å². The minimum atomic E-state index is -0.359. The number of guanidine groups is 1. The number of aliphatic imine (C=N–C) groups is 1. The smallest absolute Gasteiger partial charge is 0.258 e. The molecule has 30 heavy (non-hydrogen) atoms. The Morgan fingerprint density at radius 3 is 2.87 bits per heavy atom. The quantitative estimate of drug-likeness (QED) is 0.453. The summed E-state index contributed by atoms with van der Waals surface area (Å²) < 4.78 is 18.2. The molecular formula is C20H22FN7O2. The van der Waals surface area contributed by atoms with Gasteiger partial charge in [0.1, 0.15) is 22.7 Å². The molecule has 0 atom stereocenters. The number of fused-ring (bicyclic) bond motifs is 2. The molecule has 0 saturated carbocycles. The van der Waals surface area contributed by atoms with E-state index in [4.69, 9.17) is 0 Å². The van der Waals surface area contributed by atoms with Crippen molar-refractivity contribution in [3.05, 3.63) is 58.8 Å². The van der Waals surface area contributed by atoms with Crippen LogP contribution in [-0.4, -0.2) is 28.7 Å². The lowest BCUT2D eigenvalue weighted by Gasteiger charge is -2.18. The Kier molecular flexibility index (Phi) is 4.98. The predicted octanol–water partition coefficient (Wildman–Crippen LogP) is 2.40. The number of halogens is 1. The fraction of sp³-hybridized carbons (Fsp3) is 0.300. The Bertz CT molecular complexity index is 1120. The number of hydrazine groups is 1. The highest BCUT2D eigenvalue weighted by Gasteiger charge is 2.23. The molecule has 1 amide bonds. The highest BCUT2D eigenvalue weighted by atomic mass is 19.1. The van der Waals surface area contributed by atoms with E-state index in [9.17, 15) is 9.18 Å². The number of carbonyl (C=O) groups is 1. The SMILES string of the molecule is CC(C)(C)CN=C(NC(=O)c1ccc2nonc2c1)NC1=C2CC=C(F)C=C2NN1. The van der Waals surface area contributed by atoms with E-state index in [0.29, 0.717) is 41.1 Å². The molecule has 9 nitrogen and oxygen atoms in total. The molecule has 10 heteroatoms. The third-order valence-corrected chi connectivity index (χ3v) is 4.44. The summed E-state index contributed by atoms with van der Waals surface area (Å²) in [6.45, 7) is 6.63. The predicted molar refractivity (Wildman–Crippen MR) is 109 cm³/mol. The van der Waals surface area contributed by atoms with Gasteiger partial charge in [-0.15, -0.1) is 0 Å². The van der Waals surface area contributed by atoms with Crippen molar-refractivity contribution >= 4 is 22.9 Å². The van der Waals surface area contributed by atoms with Crippen molar-refractivity contribution in [2.24, 2.45) is 10.4 Å². The standard InChI is InChI=1S/C20H22FN7O2/c1-20(2,3)10-22-19(23-17-13-6-5-12(21)9-15(13)25-26-17)24-18(29)11-4-7-14-16(8-11)28-30-27-14/h4-5,7-9,25-26H,6,10H2,1-3H3,(H2,22,23,24,29). The van der Waals surface area contributed by atoms with Gasteiger partial charge in [-0.1, -0.05) is 20.8 Å². The molecule has 1 aliphatic heterocycles. The molecule has 0 saturated heterocycles. The molecule has 0 unspecified atom stereocenters. The fourth-order valence-corrected chi connectivity index (χ4v) is 2.90. The number of benzene rings is 1. The molecule has 0 bridgehead atoms. The molecule has 0 fully saturated rings. The van der Waals surface area contributed by atoms with Crippen molar-refractivity contribution in [3.8, 4) is 0 Å². The number of rotatable bonds is 3. The third kappa shape index (κ3) is 4.32. The first-order valence-corrected chi connectivity index (χ1v) is 9.46. The monoisotopic (exact) mass is 411 g/mol. The van der Waals surface area contributed by atoms with Crippen molar-refractivity contribution in [1.82, 2.24) is 31.8 Å².